The largest absolute Gasteiger partial charge is 0.207 e. The van der Waals surface area contributed by atoms with Crippen LogP contribution in [-0.4, -0.2) is 0 Å². The van der Waals surface area contributed by atoms with E-state index in [-0.39, 0.29) is 17.1 Å². The first kappa shape index (κ1) is 11.8. The van der Waals surface area contributed by atoms with Gasteiger partial charge in [0.2, 0.25) is 0 Å². The average Bonchev–Trinajstić information content (AvgIpc) is 2.15. The molecule has 0 aromatic heterocycles. The van der Waals surface area contributed by atoms with E-state index in [0.29, 0.717) is 10.6 Å². The van der Waals surface area contributed by atoms with Crippen molar-refractivity contribution in [2.24, 2.45) is 5.92 Å². The highest BCUT2D eigenvalue weighted by atomic mass is 35.5. The second-order valence-corrected chi connectivity index (χ2v) is 4.36. The fourth-order valence-electron chi connectivity index (χ4n) is 1.24. The number of benzene rings is 1. The maximum atomic E-state index is 13.4. The van der Waals surface area contributed by atoms with E-state index in [0.717, 1.165) is 6.42 Å². The third-order valence-electron chi connectivity index (χ3n) is 2.40. The van der Waals surface area contributed by atoms with Crippen molar-refractivity contribution in [3.8, 4) is 0 Å². The molecule has 0 N–H and O–H groups in total. The molecule has 1 aromatic carbocycles. The second kappa shape index (κ2) is 4.99. The summed E-state index contributed by atoms with van der Waals surface area (Å²) >= 11 is 11.8. The molecule has 3 heteroatoms. The summed E-state index contributed by atoms with van der Waals surface area (Å²) in [5.41, 5.74) is 0.533. The van der Waals surface area contributed by atoms with E-state index in [1.807, 2.05) is 13.8 Å². The lowest BCUT2D eigenvalue weighted by Crippen LogP contribution is -2.04. The third kappa shape index (κ3) is 2.61. The Hall–Kier alpha value is -0.270. The molecule has 14 heavy (non-hydrogen) atoms. The van der Waals surface area contributed by atoms with Crippen LogP contribution in [0, 0.1) is 11.7 Å². The van der Waals surface area contributed by atoms with Crippen molar-refractivity contribution in [2.75, 3.05) is 0 Å². The average molecular weight is 235 g/mol. The van der Waals surface area contributed by atoms with Gasteiger partial charge < -0.3 is 0 Å². The first-order valence-electron chi connectivity index (χ1n) is 4.65. The van der Waals surface area contributed by atoms with Gasteiger partial charge in [-0.2, -0.15) is 0 Å². The van der Waals surface area contributed by atoms with Crippen LogP contribution in [0.5, 0.6) is 0 Å². The van der Waals surface area contributed by atoms with Crippen LogP contribution >= 0.6 is 23.2 Å². The standard InChI is InChI=1S/C11H13Cl2F/c1-3-7(2)11(13)9-5-4-8(12)6-10(9)14/h4-7,11H,3H2,1-2H3. The summed E-state index contributed by atoms with van der Waals surface area (Å²) in [6.07, 6.45) is 0.927. The van der Waals surface area contributed by atoms with Gasteiger partial charge >= 0.3 is 0 Å². The van der Waals surface area contributed by atoms with Gasteiger partial charge in [0, 0.05) is 10.6 Å². The van der Waals surface area contributed by atoms with E-state index in [4.69, 9.17) is 23.2 Å². The zero-order valence-electron chi connectivity index (χ0n) is 8.23. The molecular weight excluding hydrogens is 222 g/mol. The van der Waals surface area contributed by atoms with Crippen LogP contribution in [0.25, 0.3) is 0 Å². The van der Waals surface area contributed by atoms with Gasteiger partial charge in [0.25, 0.3) is 0 Å². The van der Waals surface area contributed by atoms with Gasteiger partial charge in [0.15, 0.2) is 0 Å². The molecule has 0 nitrogen and oxygen atoms in total. The molecule has 78 valence electrons. The Bertz CT molecular complexity index is 312. The number of alkyl halides is 1. The molecule has 0 spiro atoms. The Balaban J connectivity index is 2.95. The Morgan fingerprint density at radius 1 is 1.43 bits per heavy atom. The summed E-state index contributed by atoms with van der Waals surface area (Å²) in [5, 5.41) is 0.122. The SMILES string of the molecule is CCC(C)C(Cl)c1ccc(Cl)cc1F. The van der Waals surface area contributed by atoms with Gasteiger partial charge in [0.05, 0.1) is 5.38 Å². The highest BCUT2D eigenvalue weighted by molar-refractivity contribution is 6.30. The Morgan fingerprint density at radius 2 is 2.07 bits per heavy atom. The quantitative estimate of drug-likeness (QED) is 0.660. The molecule has 0 amide bonds. The number of hydrogen-bond acceptors (Lipinski definition) is 0. The zero-order valence-corrected chi connectivity index (χ0v) is 9.74. The van der Waals surface area contributed by atoms with E-state index in [9.17, 15) is 4.39 Å². The van der Waals surface area contributed by atoms with E-state index >= 15 is 0 Å². The molecule has 0 aliphatic heterocycles. The van der Waals surface area contributed by atoms with Gasteiger partial charge in [-0.3, -0.25) is 0 Å². The predicted octanol–water partition coefficient (Wildman–Crippen LogP) is 4.81. The number of rotatable bonds is 3. The normalized spacial score (nSPS) is 15.2. The lowest BCUT2D eigenvalue weighted by Gasteiger charge is -2.17. The van der Waals surface area contributed by atoms with Crippen LogP contribution in [0.1, 0.15) is 31.2 Å². The molecule has 2 unspecified atom stereocenters. The van der Waals surface area contributed by atoms with Gasteiger partial charge in [-0.25, -0.2) is 4.39 Å². The molecule has 0 fully saturated rings. The fourth-order valence-corrected chi connectivity index (χ4v) is 1.75. The van der Waals surface area contributed by atoms with Gasteiger partial charge in [-0.15, -0.1) is 11.6 Å². The molecule has 2 atom stereocenters. The van der Waals surface area contributed by atoms with Crippen molar-refractivity contribution in [3.63, 3.8) is 0 Å². The Labute approximate surface area is 94.0 Å². The number of halogens is 3. The van der Waals surface area contributed by atoms with E-state index in [1.165, 1.54) is 6.07 Å². The van der Waals surface area contributed by atoms with Gasteiger partial charge in [-0.1, -0.05) is 37.9 Å². The maximum absolute atomic E-state index is 13.4. The first-order chi connectivity index (χ1) is 6.56. The monoisotopic (exact) mass is 234 g/mol. The molecular formula is C11H13Cl2F. The lowest BCUT2D eigenvalue weighted by atomic mass is 9.98. The van der Waals surface area contributed by atoms with Crippen molar-refractivity contribution in [1.29, 1.82) is 0 Å². The molecule has 0 heterocycles. The summed E-state index contributed by atoms with van der Waals surface area (Å²) in [6.45, 7) is 4.04. The van der Waals surface area contributed by atoms with Crippen molar-refractivity contribution in [1.82, 2.24) is 0 Å². The van der Waals surface area contributed by atoms with Crippen LogP contribution in [0.3, 0.4) is 0 Å². The van der Waals surface area contributed by atoms with Crippen LogP contribution < -0.4 is 0 Å². The molecule has 0 saturated heterocycles. The van der Waals surface area contributed by atoms with Gasteiger partial charge in [0.1, 0.15) is 5.82 Å². The van der Waals surface area contributed by atoms with Crippen LogP contribution in [0.2, 0.25) is 5.02 Å². The molecule has 0 aliphatic rings. The lowest BCUT2D eigenvalue weighted by molar-refractivity contribution is 0.516. The second-order valence-electron chi connectivity index (χ2n) is 3.45. The van der Waals surface area contributed by atoms with Crippen molar-refractivity contribution < 1.29 is 4.39 Å². The van der Waals surface area contributed by atoms with Crippen molar-refractivity contribution >= 4 is 23.2 Å². The summed E-state index contributed by atoms with van der Waals surface area (Å²) in [4.78, 5) is 0. The fraction of sp³-hybridized carbons (Fsp3) is 0.455. The minimum Gasteiger partial charge on any atom is -0.207 e. The minimum absolute atomic E-state index is 0.257. The maximum Gasteiger partial charge on any atom is 0.129 e. The predicted molar refractivity (Wildman–Crippen MR) is 59.5 cm³/mol. The summed E-state index contributed by atoms with van der Waals surface area (Å²) in [7, 11) is 0. The Kier molecular flexibility index (Phi) is 4.21. The Morgan fingerprint density at radius 3 is 2.57 bits per heavy atom. The zero-order chi connectivity index (χ0) is 10.7. The summed E-state index contributed by atoms with van der Waals surface area (Å²) in [6, 6.07) is 4.62. The van der Waals surface area contributed by atoms with Crippen molar-refractivity contribution in [3.05, 3.63) is 34.6 Å². The van der Waals surface area contributed by atoms with Crippen LogP contribution in [-0.2, 0) is 0 Å². The minimum atomic E-state index is -0.321. The van der Waals surface area contributed by atoms with Gasteiger partial charge in [-0.05, 0) is 18.1 Å². The molecule has 0 aliphatic carbocycles. The summed E-state index contributed by atoms with van der Waals surface area (Å²) < 4.78 is 13.4. The third-order valence-corrected chi connectivity index (χ3v) is 3.30. The molecule has 1 aromatic rings. The highest BCUT2D eigenvalue weighted by Gasteiger charge is 2.18. The van der Waals surface area contributed by atoms with Crippen LogP contribution in [0.15, 0.2) is 18.2 Å². The van der Waals surface area contributed by atoms with E-state index in [2.05, 4.69) is 0 Å². The topological polar surface area (TPSA) is 0 Å². The van der Waals surface area contributed by atoms with E-state index < -0.39 is 0 Å². The first-order valence-corrected chi connectivity index (χ1v) is 5.46. The molecule has 0 bridgehead atoms. The number of hydrogen-bond donors (Lipinski definition) is 0. The molecule has 1 rings (SSSR count). The van der Waals surface area contributed by atoms with E-state index in [1.54, 1.807) is 12.1 Å². The molecule has 0 saturated carbocycles. The smallest absolute Gasteiger partial charge is 0.129 e. The highest BCUT2D eigenvalue weighted by Crippen LogP contribution is 2.33. The molecule has 0 radical (unpaired) electrons. The van der Waals surface area contributed by atoms with Crippen molar-refractivity contribution in [2.45, 2.75) is 25.6 Å². The summed E-state index contributed by atoms with van der Waals surface area (Å²) in [5.74, 6) is -0.0647. The van der Waals surface area contributed by atoms with Crippen LogP contribution in [0.4, 0.5) is 4.39 Å².